The molecule has 0 aromatic carbocycles. The second-order valence-electron chi connectivity index (χ2n) is 3.50. The molecule has 0 spiro atoms. The number of hydrogen-bond acceptors (Lipinski definition) is 3. The van der Waals surface area contributed by atoms with Crippen molar-refractivity contribution in [3.05, 3.63) is 0 Å². The molecular formula is C9H17NO2. The molecule has 3 heteroatoms. The van der Waals surface area contributed by atoms with Crippen LogP contribution in [0.25, 0.3) is 0 Å². The van der Waals surface area contributed by atoms with Crippen molar-refractivity contribution in [2.75, 3.05) is 19.7 Å². The van der Waals surface area contributed by atoms with Gasteiger partial charge < -0.3 is 10.4 Å². The Balaban J connectivity index is 2.39. The highest BCUT2D eigenvalue weighted by molar-refractivity contribution is 5.81. The van der Waals surface area contributed by atoms with Crippen molar-refractivity contribution in [2.45, 2.75) is 19.8 Å². The van der Waals surface area contributed by atoms with Gasteiger partial charge in [0.25, 0.3) is 0 Å². The minimum absolute atomic E-state index is 0.0121. The molecule has 12 heavy (non-hydrogen) atoms. The molecule has 0 radical (unpaired) electrons. The van der Waals surface area contributed by atoms with Gasteiger partial charge in [-0.05, 0) is 31.8 Å². The van der Waals surface area contributed by atoms with Crippen LogP contribution in [0.4, 0.5) is 0 Å². The minimum atomic E-state index is -0.301. The van der Waals surface area contributed by atoms with E-state index in [1.165, 1.54) is 0 Å². The molecule has 3 nitrogen and oxygen atoms in total. The molecule has 1 unspecified atom stereocenters. The van der Waals surface area contributed by atoms with E-state index >= 15 is 0 Å². The van der Waals surface area contributed by atoms with Crippen LogP contribution in [0.5, 0.6) is 0 Å². The SMILES string of the molecule is CC(C(=O)CO)C1CCNCC1. The molecule has 1 saturated heterocycles. The maximum atomic E-state index is 11.1. The molecule has 0 bridgehead atoms. The lowest BCUT2D eigenvalue weighted by Crippen LogP contribution is -2.34. The van der Waals surface area contributed by atoms with Crippen LogP contribution >= 0.6 is 0 Å². The second kappa shape index (κ2) is 4.58. The number of carbonyl (C=O) groups excluding carboxylic acids is 1. The Morgan fingerprint density at radius 1 is 1.58 bits per heavy atom. The number of carbonyl (C=O) groups is 1. The van der Waals surface area contributed by atoms with E-state index in [9.17, 15) is 4.79 Å². The highest BCUT2D eigenvalue weighted by atomic mass is 16.3. The van der Waals surface area contributed by atoms with Crippen molar-refractivity contribution >= 4 is 5.78 Å². The molecule has 1 fully saturated rings. The van der Waals surface area contributed by atoms with Crippen molar-refractivity contribution in [3.8, 4) is 0 Å². The van der Waals surface area contributed by atoms with Crippen LogP contribution in [0.2, 0.25) is 0 Å². The molecule has 0 aromatic rings. The van der Waals surface area contributed by atoms with E-state index in [0.717, 1.165) is 25.9 Å². The Kier molecular flexibility index (Phi) is 3.69. The third-order valence-corrected chi connectivity index (χ3v) is 2.75. The summed E-state index contributed by atoms with van der Waals surface area (Å²) in [5.41, 5.74) is 0. The van der Waals surface area contributed by atoms with Gasteiger partial charge in [0, 0.05) is 5.92 Å². The molecule has 0 saturated carbocycles. The van der Waals surface area contributed by atoms with Gasteiger partial charge in [0.2, 0.25) is 0 Å². The van der Waals surface area contributed by atoms with Gasteiger partial charge >= 0.3 is 0 Å². The molecule has 2 N–H and O–H groups in total. The maximum absolute atomic E-state index is 11.1. The molecule has 0 aromatic heterocycles. The van der Waals surface area contributed by atoms with Gasteiger partial charge in [0.05, 0.1) is 0 Å². The first-order chi connectivity index (χ1) is 5.75. The molecule has 1 atom stereocenters. The molecule has 1 heterocycles. The van der Waals surface area contributed by atoms with Crippen LogP contribution in [-0.2, 0) is 4.79 Å². The molecule has 0 aliphatic carbocycles. The van der Waals surface area contributed by atoms with Gasteiger partial charge in [-0.15, -0.1) is 0 Å². The molecular weight excluding hydrogens is 154 g/mol. The number of nitrogens with one attached hydrogen (secondary N) is 1. The van der Waals surface area contributed by atoms with Crippen LogP contribution in [0, 0.1) is 11.8 Å². The topological polar surface area (TPSA) is 49.3 Å². The monoisotopic (exact) mass is 171 g/mol. The van der Waals surface area contributed by atoms with Gasteiger partial charge in [0.1, 0.15) is 6.61 Å². The highest BCUT2D eigenvalue weighted by Crippen LogP contribution is 2.21. The van der Waals surface area contributed by atoms with E-state index in [1.807, 2.05) is 6.92 Å². The summed E-state index contributed by atoms with van der Waals surface area (Å²) in [4.78, 5) is 11.1. The largest absolute Gasteiger partial charge is 0.389 e. The highest BCUT2D eigenvalue weighted by Gasteiger charge is 2.24. The Morgan fingerprint density at radius 2 is 2.17 bits per heavy atom. The van der Waals surface area contributed by atoms with Crippen LogP contribution < -0.4 is 5.32 Å². The smallest absolute Gasteiger partial charge is 0.161 e. The fourth-order valence-electron chi connectivity index (χ4n) is 1.75. The zero-order chi connectivity index (χ0) is 8.97. The summed E-state index contributed by atoms with van der Waals surface area (Å²) >= 11 is 0. The number of Topliss-reactive ketones (excluding diaryl/α,β-unsaturated/α-hetero) is 1. The van der Waals surface area contributed by atoms with Gasteiger partial charge in [0.15, 0.2) is 5.78 Å². The van der Waals surface area contributed by atoms with Crippen molar-refractivity contribution in [2.24, 2.45) is 11.8 Å². The summed E-state index contributed by atoms with van der Waals surface area (Å²) in [6, 6.07) is 0. The van der Waals surface area contributed by atoms with Gasteiger partial charge in [-0.3, -0.25) is 4.79 Å². The van der Waals surface area contributed by atoms with E-state index in [4.69, 9.17) is 5.11 Å². The summed E-state index contributed by atoms with van der Waals surface area (Å²) in [6.07, 6.45) is 2.12. The predicted octanol–water partition coefficient (Wildman–Crippen LogP) is 0.183. The summed E-state index contributed by atoms with van der Waals surface area (Å²) in [7, 11) is 0. The average molecular weight is 171 g/mol. The number of hydrogen-bond donors (Lipinski definition) is 2. The average Bonchev–Trinajstić information content (AvgIpc) is 2.17. The second-order valence-corrected chi connectivity index (χ2v) is 3.50. The first kappa shape index (κ1) is 9.68. The Labute approximate surface area is 73.2 Å². The number of piperidine rings is 1. The fraction of sp³-hybridized carbons (Fsp3) is 0.889. The first-order valence-corrected chi connectivity index (χ1v) is 4.60. The fourth-order valence-corrected chi connectivity index (χ4v) is 1.75. The van der Waals surface area contributed by atoms with Crippen LogP contribution in [-0.4, -0.2) is 30.6 Å². The van der Waals surface area contributed by atoms with Crippen molar-refractivity contribution < 1.29 is 9.90 Å². The Bertz CT molecular complexity index is 153. The first-order valence-electron chi connectivity index (χ1n) is 4.60. The number of rotatable bonds is 3. The van der Waals surface area contributed by atoms with Gasteiger partial charge in [-0.1, -0.05) is 6.92 Å². The lowest BCUT2D eigenvalue weighted by atomic mass is 9.84. The molecule has 1 aliphatic rings. The lowest BCUT2D eigenvalue weighted by Gasteiger charge is -2.26. The third kappa shape index (κ3) is 2.29. The molecule has 1 rings (SSSR count). The van der Waals surface area contributed by atoms with E-state index in [2.05, 4.69) is 5.32 Å². The van der Waals surface area contributed by atoms with Crippen molar-refractivity contribution in [3.63, 3.8) is 0 Å². The number of ketones is 1. The molecule has 1 aliphatic heterocycles. The standard InChI is InChI=1S/C9H17NO2/c1-7(9(12)6-11)8-2-4-10-5-3-8/h7-8,10-11H,2-6H2,1H3. The molecule has 70 valence electrons. The predicted molar refractivity (Wildman–Crippen MR) is 46.9 cm³/mol. The summed E-state index contributed by atoms with van der Waals surface area (Å²) in [6.45, 7) is 3.64. The van der Waals surface area contributed by atoms with Crippen molar-refractivity contribution in [1.82, 2.24) is 5.32 Å². The van der Waals surface area contributed by atoms with E-state index in [1.54, 1.807) is 0 Å². The molecule has 0 amide bonds. The van der Waals surface area contributed by atoms with Crippen LogP contribution in [0.3, 0.4) is 0 Å². The van der Waals surface area contributed by atoms with Crippen LogP contribution in [0.1, 0.15) is 19.8 Å². The quantitative estimate of drug-likeness (QED) is 0.637. The van der Waals surface area contributed by atoms with Crippen molar-refractivity contribution in [1.29, 1.82) is 0 Å². The minimum Gasteiger partial charge on any atom is -0.389 e. The van der Waals surface area contributed by atoms with E-state index in [-0.39, 0.29) is 18.3 Å². The zero-order valence-electron chi connectivity index (χ0n) is 7.55. The zero-order valence-corrected chi connectivity index (χ0v) is 7.55. The number of aliphatic hydroxyl groups excluding tert-OH is 1. The Morgan fingerprint density at radius 3 is 2.67 bits per heavy atom. The Hall–Kier alpha value is -0.410. The normalized spacial score (nSPS) is 22.2. The van der Waals surface area contributed by atoms with Crippen LogP contribution in [0.15, 0.2) is 0 Å². The van der Waals surface area contributed by atoms with Gasteiger partial charge in [-0.25, -0.2) is 0 Å². The summed E-state index contributed by atoms with van der Waals surface area (Å²) in [5, 5.41) is 11.9. The van der Waals surface area contributed by atoms with E-state index < -0.39 is 0 Å². The van der Waals surface area contributed by atoms with E-state index in [0.29, 0.717) is 5.92 Å². The maximum Gasteiger partial charge on any atom is 0.161 e. The lowest BCUT2D eigenvalue weighted by molar-refractivity contribution is -0.127. The van der Waals surface area contributed by atoms with Gasteiger partial charge in [-0.2, -0.15) is 0 Å². The summed E-state index contributed by atoms with van der Waals surface area (Å²) < 4.78 is 0. The summed E-state index contributed by atoms with van der Waals surface area (Å²) in [5.74, 6) is 0.505. The third-order valence-electron chi connectivity index (χ3n) is 2.75. The number of aliphatic hydroxyl groups is 1.